The van der Waals surface area contributed by atoms with Gasteiger partial charge in [-0.25, -0.2) is 0 Å². The van der Waals surface area contributed by atoms with Gasteiger partial charge in [0.2, 0.25) is 0 Å². The molecule has 66 valence electrons. The van der Waals surface area contributed by atoms with Gasteiger partial charge in [-0.2, -0.15) is 8.42 Å². The largest absolute Gasteiger partial charge is 0.306 e. The maximum atomic E-state index is 12.2. The lowest BCUT2D eigenvalue weighted by atomic mass is 10.2. The Morgan fingerprint density at radius 1 is 1.42 bits per heavy atom. The molecule has 0 saturated carbocycles. The molecule has 2 nitrogen and oxygen atoms in total. The molecule has 0 unspecified atom stereocenters. The molecule has 0 spiro atoms. The summed E-state index contributed by atoms with van der Waals surface area (Å²) in [4.78, 5) is 0. The Hall–Kier alpha value is -0.420. The molecule has 0 aliphatic carbocycles. The van der Waals surface area contributed by atoms with Crippen molar-refractivity contribution >= 4 is 26.2 Å². The van der Waals surface area contributed by atoms with Crippen LogP contribution in [-0.2, 0) is 16.0 Å². The normalized spacial score (nSPS) is 11.5. The average Bonchev–Trinajstić information content (AvgIpc) is 1.82. The van der Waals surface area contributed by atoms with Crippen LogP contribution >= 0.6 is 15.9 Å². The lowest BCUT2D eigenvalue weighted by molar-refractivity contribution is 0.551. The fourth-order valence-electron chi connectivity index (χ4n) is 0.826. The Morgan fingerprint density at radius 2 is 2.08 bits per heavy atom. The number of hydrogen-bond acceptors (Lipinski definition) is 2. The van der Waals surface area contributed by atoms with Gasteiger partial charge in [0.05, 0.1) is 0 Å². The van der Waals surface area contributed by atoms with Gasteiger partial charge in [-0.1, -0.05) is 28.1 Å². The Morgan fingerprint density at radius 3 is 2.58 bits per heavy atom. The van der Waals surface area contributed by atoms with Crippen LogP contribution < -0.4 is 0 Å². The lowest BCUT2D eigenvalue weighted by Gasteiger charge is -1.96. The highest BCUT2D eigenvalue weighted by Gasteiger charge is 2.08. The van der Waals surface area contributed by atoms with Gasteiger partial charge in [-0.05, 0) is 17.7 Å². The molecule has 0 N–H and O–H groups in total. The molecule has 0 radical (unpaired) electrons. The van der Waals surface area contributed by atoms with E-state index in [0.717, 1.165) is 4.47 Å². The van der Waals surface area contributed by atoms with Crippen LogP contribution in [-0.4, -0.2) is 8.42 Å². The molecule has 0 aliphatic heterocycles. The summed E-state index contributed by atoms with van der Waals surface area (Å²) in [7, 11) is -4.41. The van der Waals surface area contributed by atoms with Gasteiger partial charge < -0.3 is 0 Å². The molecular formula is C7H6BrFO2S. The van der Waals surface area contributed by atoms with E-state index in [2.05, 4.69) is 15.9 Å². The molecule has 1 aromatic rings. The average molecular weight is 253 g/mol. The Labute approximate surface area is 78.8 Å². The topological polar surface area (TPSA) is 34.1 Å². The highest BCUT2D eigenvalue weighted by atomic mass is 79.9. The summed E-state index contributed by atoms with van der Waals surface area (Å²) in [6.45, 7) is 0. The molecule has 1 rings (SSSR count). The summed E-state index contributed by atoms with van der Waals surface area (Å²) in [5, 5.41) is 0. The molecule has 0 aromatic heterocycles. The van der Waals surface area contributed by atoms with E-state index in [0.29, 0.717) is 5.56 Å². The van der Waals surface area contributed by atoms with Crippen LogP contribution in [0.15, 0.2) is 28.7 Å². The minimum atomic E-state index is -4.41. The summed E-state index contributed by atoms with van der Waals surface area (Å²) < 4.78 is 33.4. The van der Waals surface area contributed by atoms with Crippen molar-refractivity contribution in [2.24, 2.45) is 0 Å². The van der Waals surface area contributed by atoms with E-state index < -0.39 is 16.0 Å². The molecule has 12 heavy (non-hydrogen) atoms. The van der Waals surface area contributed by atoms with Crippen molar-refractivity contribution in [2.45, 2.75) is 5.75 Å². The van der Waals surface area contributed by atoms with Crippen LogP contribution in [0.2, 0.25) is 0 Å². The Balaban J connectivity index is 2.91. The Bertz CT molecular complexity index is 375. The second kappa shape index (κ2) is 3.53. The van der Waals surface area contributed by atoms with Gasteiger partial charge in [0.15, 0.2) is 0 Å². The van der Waals surface area contributed by atoms with Crippen molar-refractivity contribution in [1.29, 1.82) is 0 Å². The first kappa shape index (κ1) is 9.67. The predicted molar refractivity (Wildman–Crippen MR) is 47.9 cm³/mol. The lowest BCUT2D eigenvalue weighted by Crippen LogP contribution is -1.95. The SMILES string of the molecule is O=S(=O)(F)Cc1cccc(Br)c1. The molecule has 5 heteroatoms. The van der Waals surface area contributed by atoms with Gasteiger partial charge in [0.25, 0.3) is 0 Å². The summed E-state index contributed by atoms with van der Waals surface area (Å²) in [5.41, 5.74) is 0.437. The molecule has 0 heterocycles. The summed E-state index contributed by atoms with van der Waals surface area (Å²) in [6, 6.07) is 6.53. The van der Waals surface area contributed by atoms with Crippen LogP contribution in [0.5, 0.6) is 0 Å². The van der Waals surface area contributed by atoms with Crippen LogP contribution in [0.3, 0.4) is 0 Å². The van der Waals surface area contributed by atoms with Crippen molar-refractivity contribution in [1.82, 2.24) is 0 Å². The van der Waals surface area contributed by atoms with Gasteiger partial charge >= 0.3 is 10.2 Å². The van der Waals surface area contributed by atoms with E-state index in [4.69, 9.17) is 0 Å². The van der Waals surface area contributed by atoms with Crippen LogP contribution in [0.1, 0.15) is 5.56 Å². The monoisotopic (exact) mass is 252 g/mol. The predicted octanol–water partition coefficient (Wildman–Crippen LogP) is 2.25. The van der Waals surface area contributed by atoms with Gasteiger partial charge in [0.1, 0.15) is 5.75 Å². The Kier molecular flexibility index (Phi) is 2.85. The standard InChI is InChI=1S/C7H6BrFO2S/c8-7-3-1-2-6(4-7)5-12(9,10)11/h1-4H,5H2. The number of hydrogen-bond donors (Lipinski definition) is 0. The smallest absolute Gasteiger partial charge is 0.194 e. The van der Waals surface area contributed by atoms with E-state index in [1.807, 2.05) is 0 Å². The molecule has 0 atom stereocenters. The van der Waals surface area contributed by atoms with Gasteiger partial charge in [0, 0.05) is 4.47 Å². The third-order valence-corrected chi connectivity index (χ3v) is 2.40. The van der Waals surface area contributed by atoms with Crippen molar-refractivity contribution < 1.29 is 12.3 Å². The first-order chi connectivity index (χ1) is 5.47. The second-order valence-corrected chi connectivity index (χ2v) is 4.60. The fourth-order valence-corrected chi connectivity index (χ4v) is 1.85. The number of halogens is 2. The van der Waals surface area contributed by atoms with E-state index in [9.17, 15) is 12.3 Å². The molecule has 0 amide bonds. The molecule has 0 aliphatic rings. The van der Waals surface area contributed by atoms with Crippen molar-refractivity contribution in [3.8, 4) is 0 Å². The highest BCUT2D eigenvalue weighted by Crippen LogP contribution is 2.14. The zero-order valence-electron chi connectivity index (χ0n) is 6.00. The van der Waals surface area contributed by atoms with Gasteiger partial charge in [-0.15, -0.1) is 3.89 Å². The first-order valence-electron chi connectivity index (χ1n) is 3.14. The molecule has 0 fully saturated rings. The summed E-state index contributed by atoms with van der Waals surface area (Å²) >= 11 is 3.15. The molecule has 0 saturated heterocycles. The van der Waals surface area contributed by atoms with E-state index in [-0.39, 0.29) is 0 Å². The van der Waals surface area contributed by atoms with E-state index >= 15 is 0 Å². The van der Waals surface area contributed by atoms with Crippen LogP contribution in [0.25, 0.3) is 0 Å². The number of rotatable bonds is 2. The minimum Gasteiger partial charge on any atom is -0.194 e. The second-order valence-electron chi connectivity index (χ2n) is 2.31. The summed E-state index contributed by atoms with van der Waals surface area (Å²) in [6.07, 6.45) is 0. The minimum absolute atomic E-state index is 0.437. The highest BCUT2D eigenvalue weighted by molar-refractivity contribution is 9.10. The van der Waals surface area contributed by atoms with Crippen LogP contribution in [0, 0.1) is 0 Å². The maximum absolute atomic E-state index is 12.2. The van der Waals surface area contributed by atoms with Crippen molar-refractivity contribution in [3.05, 3.63) is 34.3 Å². The quantitative estimate of drug-likeness (QED) is 0.757. The molecular weight excluding hydrogens is 247 g/mol. The zero-order chi connectivity index (χ0) is 9.19. The van der Waals surface area contributed by atoms with Crippen molar-refractivity contribution in [3.63, 3.8) is 0 Å². The van der Waals surface area contributed by atoms with Gasteiger partial charge in [-0.3, -0.25) is 0 Å². The third kappa shape index (κ3) is 3.32. The molecule has 0 bridgehead atoms. The van der Waals surface area contributed by atoms with Crippen molar-refractivity contribution in [2.75, 3.05) is 0 Å². The molecule has 1 aromatic carbocycles. The van der Waals surface area contributed by atoms with E-state index in [1.165, 1.54) is 0 Å². The maximum Gasteiger partial charge on any atom is 0.306 e. The van der Waals surface area contributed by atoms with E-state index in [1.54, 1.807) is 24.3 Å². The number of benzene rings is 1. The third-order valence-electron chi connectivity index (χ3n) is 1.23. The first-order valence-corrected chi connectivity index (χ1v) is 5.49. The fraction of sp³-hybridized carbons (Fsp3) is 0.143. The zero-order valence-corrected chi connectivity index (χ0v) is 8.40. The van der Waals surface area contributed by atoms with Crippen LogP contribution in [0.4, 0.5) is 3.89 Å². The summed E-state index contributed by atoms with van der Waals surface area (Å²) in [5.74, 6) is -0.563.